The van der Waals surface area contributed by atoms with E-state index < -0.39 is 5.97 Å². The van der Waals surface area contributed by atoms with Crippen molar-refractivity contribution in [1.82, 2.24) is 4.90 Å². The minimum atomic E-state index is -0.850. The normalized spacial score (nSPS) is 10.4. The molecular weight excluding hydrogens is 326 g/mol. The quantitative estimate of drug-likeness (QED) is 0.792. The van der Waals surface area contributed by atoms with Crippen molar-refractivity contribution in [1.29, 1.82) is 0 Å². The van der Waals surface area contributed by atoms with Gasteiger partial charge in [-0.2, -0.15) is 0 Å². The molecule has 0 aliphatic heterocycles. The predicted molar refractivity (Wildman–Crippen MR) is 93.9 cm³/mol. The molecule has 0 aromatic heterocycles. The summed E-state index contributed by atoms with van der Waals surface area (Å²) in [5, 5.41) is 9.40. The maximum atomic E-state index is 12.6. The van der Waals surface area contributed by atoms with Crippen molar-refractivity contribution < 1.29 is 14.7 Å². The van der Waals surface area contributed by atoms with Crippen LogP contribution in [0.5, 0.6) is 0 Å². The molecule has 24 heavy (non-hydrogen) atoms. The first-order valence-corrected chi connectivity index (χ1v) is 8.20. The number of hydrogen-bond donors (Lipinski definition) is 1. The smallest absolute Gasteiger partial charge is 0.303 e. The van der Waals surface area contributed by atoms with Gasteiger partial charge >= 0.3 is 5.97 Å². The largest absolute Gasteiger partial charge is 0.481 e. The van der Waals surface area contributed by atoms with Gasteiger partial charge in [-0.25, -0.2) is 0 Å². The summed E-state index contributed by atoms with van der Waals surface area (Å²) < 4.78 is 0. The lowest BCUT2D eigenvalue weighted by atomic mass is 10.1. The molecule has 0 atom stereocenters. The number of carboxylic acid groups (broad SMARTS) is 1. The van der Waals surface area contributed by atoms with E-state index in [0.717, 1.165) is 11.1 Å². The molecule has 1 N–H and O–H groups in total. The molecule has 2 aromatic rings. The summed E-state index contributed by atoms with van der Waals surface area (Å²) in [7, 11) is 0. The van der Waals surface area contributed by atoms with E-state index in [1.54, 1.807) is 17.0 Å². The van der Waals surface area contributed by atoms with Crippen molar-refractivity contribution >= 4 is 23.5 Å². The Morgan fingerprint density at radius 1 is 1.00 bits per heavy atom. The van der Waals surface area contributed by atoms with Crippen LogP contribution in [0.3, 0.4) is 0 Å². The van der Waals surface area contributed by atoms with Crippen LogP contribution in [0, 0.1) is 0 Å². The van der Waals surface area contributed by atoms with Crippen LogP contribution in [0.4, 0.5) is 0 Å². The number of aliphatic carboxylic acids is 1. The summed E-state index contributed by atoms with van der Waals surface area (Å²) in [6.45, 7) is 0.889. The van der Waals surface area contributed by atoms with E-state index in [-0.39, 0.29) is 18.7 Å². The molecule has 1 amide bonds. The van der Waals surface area contributed by atoms with Crippen molar-refractivity contribution in [3.63, 3.8) is 0 Å². The summed E-state index contributed by atoms with van der Waals surface area (Å²) in [5.74, 6) is -0.886. The maximum absolute atomic E-state index is 12.6. The summed E-state index contributed by atoms with van der Waals surface area (Å²) in [5.41, 5.74) is 1.87. The number of halogens is 1. The standard InChI is InChI=1S/C19H20ClNO3/c20-17-9-4-8-16(12-17)13-18(22)21(11-5-10-19(23)24)14-15-6-2-1-3-7-15/h1-4,6-9,12H,5,10-11,13-14H2,(H,23,24). The van der Waals surface area contributed by atoms with Crippen molar-refractivity contribution in [2.75, 3.05) is 6.54 Å². The SMILES string of the molecule is O=C(O)CCCN(Cc1ccccc1)C(=O)Cc1cccc(Cl)c1. The highest BCUT2D eigenvalue weighted by Gasteiger charge is 2.15. The van der Waals surface area contributed by atoms with Gasteiger partial charge in [0.2, 0.25) is 5.91 Å². The molecule has 0 saturated heterocycles. The minimum absolute atomic E-state index is 0.0356. The van der Waals surface area contributed by atoms with Gasteiger partial charge in [-0.1, -0.05) is 54.1 Å². The first-order chi connectivity index (χ1) is 11.5. The Morgan fingerprint density at radius 2 is 1.71 bits per heavy atom. The van der Waals surface area contributed by atoms with Gasteiger partial charge in [0.25, 0.3) is 0 Å². The Bertz CT molecular complexity index is 688. The van der Waals surface area contributed by atoms with Gasteiger partial charge in [-0.3, -0.25) is 9.59 Å². The molecule has 0 heterocycles. The van der Waals surface area contributed by atoms with Crippen LogP contribution >= 0.6 is 11.6 Å². The van der Waals surface area contributed by atoms with E-state index in [1.165, 1.54) is 0 Å². The van der Waals surface area contributed by atoms with Gasteiger partial charge in [0.1, 0.15) is 0 Å². The van der Waals surface area contributed by atoms with E-state index in [1.807, 2.05) is 42.5 Å². The highest BCUT2D eigenvalue weighted by atomic mass is 35.5. The third kappa shape index (κ3) is 6.05. The first kappa shape index (κ1) is 18.0. The third-order valence-corrected chi connectivity index (χ3v) is 3.87. The molecule has 0 aliphatic rings. The van der Waals surface area contributed by atoms with Gasteiger partial charge in [0, 0.05) is 24.5 Å². The van der Waals surface area contributed by atoms with Crippen LogP contribution in [0.2, 0.25) is 5.02 Å². The van der Waals surface area contributed by atoms with Gasteiger partial charge in [0.15, 0.2) is 0 Å². The third-order valence-electron chi connectivity index (χ3n) is 3.63. The average molecular weight is 346 g/mol. The summed E-state index contributed by atoms with van der Waals surface area (Å²) in [4.78, 5) is 25.1. The number of hydrogen-bond acceptors (Lipinski definition) is 2. The van der Waals surface area contributed by atoms with Gasteiger partial charge in [-0.15, -0.1) is 0 Å². The number of benzene rings is 2. The Labute approximate surface area is 146 Å². The lowest BCUT2D eigenvalue weighted by Crippen LogP contribution is -2.33. The molecule has 126 valence electrons. The van der Waals surface area contributed by atoms with Gasteiger partial charge in [0.05, 0.1) is 6.42 Å². The van der Waals surface area contributed by atoms with Gasteiger partial charge < -0.3 is 10.0 Å². The maximum Gasteiger partial charge on any atom is 0.303 e. The number of amides is 1. The monoisotopic (exact) mass is 345 g/mol. The topological polar surface area (TPSA) is 57.6 Å². The summed E-state index contributed by atoms with van der Waals surface area (Å²) in [6, 6.07) is 16.9. The molecule has 0 saturated carbocycles. The van der Waals surface area contributed by atoms with Crippen molar-refractivity contribution in [3.8, 4) is 0 Å². The second-order valence-electron chi connectivity index (χ2n) is 5.60. The lowest BCUT2D eigenvalue weighted by Gasteiger charge is -2.23. The fourth-order valence-corrected chi connectivity index (χ4v) is 2.66. The van der Waals surface area contributed by atoms with Gasteiger partial charge in [-0.05, 0) is 29.7 Å². The molecule has 0 fully saturated rings. The lowest BCUT2D eigenvalue weighted by molar-refractivity contribution is -0.138. The Hall–Kier alpha value is -2.33. The molecule has 0 unspecified atom stereocenters. The molecule has 2 rings (SSSR count). The number of rotatable bonds is 8. The van der Waals surface area contributed by atoms with Crippen molar-refractivity contribution in [2.45, 2.75) is 25.8 Å². The number of carboxylic acids is 1. The van der Waals surface area contributed by atoms with Crippen LogP contribution in [-0.4, -0.2) is 28.4 Å². The van der Waals surface area contributed by atoms with Crippen LogP contribution < -0.4 is 0 Å². The molecule has 0 aliphatic carbocycles. The predicted octanol–water partition coefficient (Wildman–Crippen LogP) is 3.78. The van der Waals surface area contributed by atoms with E-state index >= 15 is 0 Å². The van der Waals surface area contributed by atoms with Crippen LogP contribution in [-0.2, 0) is 22.6 Å². The van der Waals surface area contributed by atoms with Crippen LogP contribution in [0.15, 0.2) is 54.6 Å². The molecule has 5 heteroatoms. The highest BCUT2D eigenvalue weighted by molar-refractivity contribution is 6.30. The number of carbonyl (C=O) groups excluding carboxylic acids is 1. The number of nitrogens with zero attached hydrogens (tertiary/aromatic N) is 1. The molecule has 0 spiro atoms. The summed E-state index contributed by atoms with van der Waals surface area (Å²) in [6.07, 6.45) is 0.736. The first-order valence-electron chi connectivity index (χ1n) is 7.82. The van der Waals surface area contributed by atoms with E-state index in [4.69, 9.17) is 16.7 Å². The van der Waals surface area contributed by atoms with E-state index in [9.17, 15) is 9.59 Å². The van der Waals surface area contributed by atoms with Crippen molar-refractivity contribution in [3.05, 3.63) is 70.7 Å². The molecule has 2 aromatic carbocycles. The second kappa shape index (κ2) is 9.08. The Kier molecular flexibility index (Phi) is 6.82. The minimum Gasteiger partial charge on any atom is -0.481 e. The fourth-order valence-electron chi connectivity index (χ4n) is 2.45. The highest BCUT2D eigenvalue weighted by Crippen LogP contribution is 2.14. The number of carbonyl (C=O) groups is 2. The zero-order valence-corrected chi connectivity index (χ0v) is 14.1. The molecule has 0 bridgehead atoms. The van der Waals surface area contributed by atoms with Crippen LogP contribution in [0.25, 0.3) is 0 Å². The zero-order chi connectivity index (χ0) is 17.4. The fraction of sp³-hybridized carbons (Fsp3) is 0.263. The molecule has 4 nitrogen and oxygen atoms in total. The molecular formula is C19H20ClNO3. The van der Waals surface area contributed by atoms with Crippen LogP contribution in [0.1, 0.15) is 24.0 Å². The average Bonchev–Trinajstić information content (AvgIpc) is 2.54. The van der Waals surface area contributed by atoms with Crippen molar-refractivity contribution in [2.24, 2.45) is 0 Å². The molecule has 0 radical (unpaired) electrons. The van der Waals surface area contributed by atoms with E-state index in [2.05, 4.69) is 0 Å². The summed E-state index contributed by atoms with van der Waals surface area (Å²) >= 11 is 5.97. The zero-order valence-electron chi connectivity index (χ0n) is 13.3. The second-order valence-corrected chi connectivity index (χ2v) is 6.04. The Morgan fingerprint density at radius 3 is 2.38 bits per heavy atom. The Balaban J connectivity index is 2.05. The van der Waals surface area contributed by atoms with E-state index in [0.29, 0.717) is 24.5 Å².